The van der Waals surface area contributed by atoms with Crippen molar-refractivity contribution >= 4 is 23.4 Å². The molecule has 2 saturated heterocycles. The van der Waals surface area contributed by atoms with E-state index >= 15 is 0 Å². The predicted molar refractivity (Wildman–Crippen MR) is 115 cm³/mol. The Morgan fingerprint density at radius 1 is 1.17 bits per heavy atom. The van der Waals surface area contributed by atoms with Crippen LogP contribution in [0, 0.1) is 11.8 Å². The van der Waals surface area contributed by atoms with Gasteiger partial charge in [-0.1, -0.05) is 20.3 Å². The summed E-state index contributed by atoms with van der Waals surface area (Å²) in [5.74, 6) is 0.0114. The molecule has 0 spiro atoms. The van der Waals surface area contributed by atoms with E-state index in [9.17, 15) is 14.4 Å². The van der Waals surface area contributed by atoms with Crippen molar-refractivity contribution in [1.29, 1.82) is 0 Å². The van der Waals surface area contributed by atoms with E-state index in [1.807, 2.05) is 30.9 Å². The number of nitrogens with one attached hydrogen (secondary N) is 1. The van der Waals surface area contributed by atoms with Crippen LogP contribution in [0.15, 0.2) is 24.3 Å². The molecule has 3 atom stereocenters. The standard InChI is InChI=1S/C23H33N3O4/c1-4-16(2)21(23(29)25-12-6-5-7-13-25)24-22(28)17-14-20(27)26(15-17)18-8-10-19(30-3)11-9-18/h8-11,16-17,21H,4-7,12-15H2,1-3H3,(H,24,28)/t16-,17+,21+/m1/s1. The number of nitrogens with zero attached hydrogens (tertiary/aromatic N) is 2. The number of benzene rings is 1. The van der Waals surface area contributed by atoms with Crippen LogP contribution in [-0.2, 0) is 14.4 Å². The Bertz CT molecular complexity index is 758. The van der Waals surface area contributed by atoms with E-state index in [0.717, 1.165) is 44.5 Å². The summed E-state index contributed by atoms with van der Waals surface area (Å²) in [5.41, 5.74) is 0.749. The van der Waals surface area contributed by atoms with Crippen molar-refractivity contribution in [3.8, 4) is 5.75 Å². The molecule has 2 aliphatic rings. The van der Waals surface area contributed by atoms with Gasteiger partial charge in [-0.3, -0.25) is 14.4 Å². The number of carbonyl (C=O) groups excluding carboxylic acids is 3. The molecule has 30 heavy (non-hydrogen) atoms. The smallest absolute Gasteiger partial charge is 0.245 e. The SMILES string of the molecule is CC[C@@H](C)[C@H](NC(=O)[C@H]1CC(=O)N(c2ccc(OC)cc2)C1)C(=O)N1CCCCC1. The topological polar surface area (TPSA) is 79.0 Å². The first-order valence-corrected chi connectivity index (χ1v) is 11.0. The molecule has 2 aliphatic heterocycles. The van der Waals surface area contributed by atoms with E-state index in [1.165, 1.54) is 0 Å². The second-order valence-corrected chi connectivity index (χ2v) is 8.36. The van der Waals surface area contributed by atoms with Crippen LogP contribution < -0.4 is 15.0 Å². The van der Waals surface area contributed by atoms with Gasteiger partial charge in [0.25, 0.3) is 0 Å². The second kappa shape index (κ2) is 9.96. The van der Waals surface area contributed by atoms with Gasteiger partial charge in [0.2, 0.25) is 17.7 Å². The summed E-state index contributed by atoms with van der Waals surface area (Å²) < 4.78 is 5.16. The lowest BCUT2D eigenvalue weighted by Gasteiger charge is -2.33. The van der Waals surface area contributed by atoms with Gasteiger partial charge in [0, 0.05) is 31.7 Å². The van der Waals surface area contributed by atoms with Crippen LogP contribution in [0.5, 0.6) is 5.75 Å². The summed E-state index contributed by atoms with van der Waals surface area (Å²) in [5, 5.41) is 2.99. The van der Waals surface area contributed by atoms with E-state index < -0.39 is 12.0 Å². The lowest BCUT2D eigenvalue weighted by molar-refractivity contribution is -0.139. The molecule has 7 heteroatoms. The molecule has 0 radical (unpaired) electrons. The molecule has 0 unspecified atom stereocenters. The monoisotopic (exact) mass is 415 g/mol. The van der Waals surface area contributed by atoms with E-state index in [-0.39, 0.29) is 30.1 Å². The number of rotatable bonds is 7. The summed E-state index contributed by atoms with van der Waals surface area (Å²) in [4.78, 5) is 42.1. The first kappa shape index (κ1) is 22.1. The minimum Gasteiger partial charge on any atom is -0.497 e. The molecule has 1 aromatic rings. The van der Waals surface area contributed by atoms with Crippen molar-refractivity contribution in [1.82, 2.24) is 10.2 Å². The normalized spacial score (nSPS) is 21.3. The zero-order valence-electron chi connectivity index (χ0n) is 18.2. The molecule has 2 fully saturated rings. The second-order valence-electron chi connectivity index (χ2n) is 8.36. The Morgan fingerprint density at radius 3 is 2.43 bits per heavy atom. The van der Waals surface area contributed by atoms with Crippen molar-refractivity contribution in [3.05, 3.63) is 24.3 Å². The molecule has 0 saturated carbocycles. The Morgan fingerprint density at radius 2 is 1.83 bits per heavy atom. The Balaban J connectivity index is 1.66. The highest BCUT2D eigenvalue weighted by Gasteiger charge is 2.38. The van der Waals surface area contributed by atoms with Crippen LogP contribution >= 0.6 is 0 Å². The summed E-state index contributed by atoms with van der Waals surface area (Å²) in [6.07, 6.45) is 4.13. The molecular weight excluding hydrogens is 382 g/mol. The molecule has 1 N–H and O–H groups in total. The molecule has 0 bridgehead atoms. The number of amides is 3. The molecule has 0 aromatic heterocycles. The van der Waals surface area contributed by atoms with E-state index in [1.54, 1.807) is 24.1 Å². The summed E-state index contributed by atoms with van der Waals surface area (Å²) in [6, 6.07) is 6.70. The van der Waals surface area contributed by atoms with Gasteiger partial charge in [0.15, 0.2) is 0 Å². The van der Waals surface area contributed by atoms with Crippen molar-refractivity contribution in [2.45, 2.75) is 52.0 Å². The van der Waals surface area contributed by atoms with Crippen LogP contribution in [0.3, 0.4) is 0 Å². The summed E-state index contributed by atoms with van der Waals surface area (Å²) >= 11 is 0. The third kappa shape index (κ3) is 4.94. The van der Waals surface area contributed by atoms with Crippen molar-refractivity contribution in [3.63, 3.8) is 0 Å². The predicted octanol–water partition coefficient (Wildman–Crippen LogP) is 2.59. The molecule has 1 aromatic carbocycles. The van der Waals surface area contributed by atoms with Gasteiger partial charge in [-0.2, -0.15) is 0 Å². The van der Waals surface area contributed by atoms with Crippen molar-refractivity contribution in [2.24, 2.45) is 11.8 Å². The maximum atomic E-state index is 13.1. The Kier molecular flexibility index (Phi) is 7.34. The zero-order valence-corrected chi connectivity index (χ0v) is 18.2. The van der Waals surface area contributed by atoms with Crippen LogP contribution in [0.25, 0.3) is 0 Å². The van der Waals surface area contributed by atoms with Crippen molar-refractivity contribution in [2.75, 3.05) is 31.6 Å². The fourth-order valence-corrected chi connectivity index (χ4v) is 4.16. The van der Waals surface area contributed by atoms with Crippen LogP contribution in [0.4, 0.5) is 5.69 Å². The van der Waals surface area contributed by atoms with E-state index in [0.29, 0.717) is 12.3 Å². The van der Waals surface area contributed by atoms with Gasteiger partial charge in [0.1, 0.15) is 11.8 Å². The molecule has 2 heterocycles. The lowest BCUT2D eigenvalue weighted by atomic mass is 9.95. The molecule has 3 amide bonds. The highest BCUT2D eigenvalue weighted by Crippen LogP contribution is 2.27. The quantitative estimate of drug-likeness (QED) is 0.742. The number of methoxy groups -OCH3 is 1. The maximum absolute atomic E-state index is 13.1. The lowest BCUT2D eigenvalue weighted by Crippen LogP contribution is -2.54. The van der Waals surface area contributed by atoms with E-state index in [4.69, 9.17) is 4.74 Å². The number of hydrogen-bond acceptors (Lipinski definition) is 4. The first-order valence-electron chi connectivity index (χ1n) is 11.0. The number of anilines is 1. The summed E-state index contributed by atoms with van der Waals surface area (Å²) in [7, 11) is 1.59. The van der Waals surface area contributed by atoms with Crippen LogP contribution in [-0.4, -0.2) is 55.4 Å². The third-order valence-electron chi connectivity index (χ3n) is 6.32. The molecule has 164 valence electrons. The minimum absolute atomic E-state index is 0.00809. The highest BCUT2D eigenvalue weighted by atomic mass is 16.5. The number of likely N-dealkylation sites (tertiary alicyclic amines) is 1. The number of carbonyl (C=O) groups is 3. The summed E-state index contributed by atoms with van der Waals surface area (Å²) in [6.45, 7) is 5.86. The number of ether oxygens (including phenoxy) is 1. The molecule has 0 aliphatic carbocycles. The molecular formula is C23H33N3O4. The van der Waals surface area contributed by atoms with Gasteiger partial charge in [0.05, 0.1) is 13.0 Å². The van der Waals surface area contributed by atoms with Crippen molar-refractivity contribution < 1.29 is 19.1 Å². The van der Waals surface area contributed by atoms with Crippen LogP contribution in [0.2, 0.25) is 0 Å². The maximum Gasteiger partial charge on any atom is 0.245 e. The third-order valence-corrected chi connectivity index (χ3v) is 6.32. The average molecular weight is 416 g/mol. The molecule has 3 rings (SSSR count). The minimum atomic E-state index is -0.536. The Labute approximate surface area is 178 Å². The first-order chi connectivity index (χ1) is 14.4. The zero-order chi connectivity index (χ0) is 21.7. The fraction of sp³-hybridized carbons (Fsp3) is 0.609. The van der Waals surface area contributed by atoms with Gasteiger partial charge in [-0.25, -0.2) is 0 Å². The number of hydrogen-bond donors (Lipinski definition) is 1. The Hall–Kier alpha value is -2.57. The van der Waals surface area contributed by atoms with E-state index in [2.05, 4.69) is 5.32 Å². The van der Waals surface area contributed by atoms with Gasteiger partial charge >= 0.3 is 0 Å². The average Bonchev–Trinajstić information content (AvgIpc) is 3.18. The van der Waals surface area contributed by atoms with Crippen LogP contribution in [0.1, 0.15) is 46.0 Å². The highest BCUT2D eigenvalue weighted by molar-refractivity contribution is 6.01. The van der Waals surface area contributed by atoms with Gasteiger partial charge < -0.3 is 19.9 Å². The largest absolute Gasteiger partial charge is 0.497 e. The van der Waals surface area contributed by atoms with Gasteiger partial charge in [-0.15, -0.1) is 0 Å². The number of piperidine rings is 1. The fourth-order valence-electron chi connectivity index (χ4n) is 4.16. The van der Waals surface area contributed by atoms with Gasteiger partial charge in [-0.05, 0) is 49.4 Å². The molecule has 7 nitrogen and oxygen atoms in total.